The molecular weight excluding hydrogens is 234 g/mol. The smallest absolute Gasteiger partial charge is 0.157 e. The third-order valence-electron chi connectivity index (χ3n) is 3.52. The zero-order valence-corrected chi connectivity index (χ0v) is 10.2. The standard InChI is InChI=1S/C13H14ClN3/c14-9-13(6-3-7-13)16-12-11-5-2-1-4-10(11)8-15-17-12/h1-2,4-5,8H,3,6-7,9H2,(H,16,17). The van der Waals surface area contributed by atoms with E-state index in [4.69, 9.17) is 11.6 Å². The first-order valence-electron chi connectivity index (χ1n) is 5.88. The number of anilines is 1. The molecule has 0 aliphatic heterocycles. The van der Waals surface area contributed by atoms with Crippen molar-refractivity contribution < 1.29 is 0 Å². The van der Waals surface area contributed by atoms with Crippen molar-refractivity contribution in [1.82, 2.24) is 10.2 Å². The van der Waals surface area contributed by atoms with Gasteiger partial charge in [0.15, 0.2) is 5.82 Å². The maximum absolute atomic E-state index is 6.05. The van der Waals surface area contributed by atoms with Crippen LogP contribution < -0.4 is 5.32 Å². The van der Waals surface area contributed by atoms with Crippen LogP contribution >= 0.6 is 11.6 Å². The summed E-state index contributed by atoms with van der Waals surface area (Å²) in [4.78, 5) is 0. The molecule has 88 valence electrons. The normalized spacial score (nSPS) is 17.7. The largest absolute Gasteiger partial charge is 0.361 e. The maximum Gasteiger partial charge on any atom is 0.157 e. The summed E-state index contributed by atoms with van der Waals surface area (Å²) in [7, 11) is 0. The molecule has 1 aliphatic carbocycles. The van der Waals surface area contributed by atoms with Gasteiger partial charge in [0.25, 0.3) is 0 Å². The van der Waals surface area contributed by atoms with Gasteiger partial charge in [0, 0.05) is 16.7 Å². The Morgan fingerprint density at radius 2 is 2.12 bits per heavy atom. The lowest BCUT2D eigenvalue weighted by atomic mass is 9.78. The summed E-state index contributed by atoms with van der Waals surface area (Å²) in [5.41, 5.74) is 0.0281. The Morgan fingerprint density at radius 1 is 1.29 bits per heavy atom. The van der Waals surface area contributed by atoms with Crippen LogP contribution in [0.3, 0.4) is 0 Å². The molecule has 2 aromatic rings. The second kappa shape index (κ2) is 4.15. The van der Waals surface area contributed by atoms with E-state index in [2.05, 4.69) is 21.6 Å². The number of hydrogen-bond donors (Lipinski definition) is 1. The van der Waals surface area contributed by atoms with Crippen molar-refractivity contribution in [2.24, 2.45) is 0 Å². The van der Waals surface area contributed by atoms with Crippen LogP contribution in [0.5, 0.6) is 0 Å². The highest BCUT2D eigenvalue weighted by Crippen LogP contribution is 2.37. The molecule has 0 unspecified atom stereocenters. The van der Waals surface area contributed by atoms with Gasteiger partial charge in [0.2, 0.25) is 0 Å². The predicted octanol–water partition coefficient (Wildman–Crippen LogP) is 3.20. The van der Waals surface area contributed by atoms with Crippen molar-refractivity contribution in [3.05, 3.63) is 30.5 Å². The molecule has 0 spiro atoms. The molecule has 1 aliphatic rings. The first-order chi connectivity index (χ1) is 8.33. The van der Waals surface area contributed by atoms with Gasteiger partial charge in [0.05, 0.1) is 11.7 Å². The highest BCUT2D eigenvalue weighted by molar-refractivity contribution is 6.19. The number of rotatable bonds is 3. The first-order valence-corrected chi connectivity index (χ1v) is 6.41. The summed E-state index contributed by atoms with van der Waals surface area (Å²) in [5.74, 6) is 1.47. The van der Waals surface area contributed by atoms with E-state index in [0.29, 0.717) is 5.88 Å². The quantitative estimate of drug-likeness (QED) is 0.847. The fourth-order valence-electron chi connectivity index (χ4n) is 2.27. The molecule has 0 bridgehead atoms. The van der Waals surface area contributed by atoms with Crippen LogP contribution in [-0.2, 0) is 0 Å². The van der Waals surface area contributed by atoms with Gasteiger partial charge in [-0.25, -0.2) is 0 Å². The lowest BCUT2D eigenvalue weighted by molar-refractivity contribution is 0.310. The Hall–Kier alpha value is -1.35. The van der Waals surface area contributed by atoms with Gasteiger partial charge in [-0.3, -0.25) is 0 Å². The van der Waals surface area contributed by atoms with Crippen molar-refractivity contribution in [3.63, 3.8) is 0 Å². The number of aromatic nitrogens is 2. The Labute approximate surface area is 105 Å². The predicted molar refractivity (Wildman–Crippen MR) is 70.5 cm³/mol. The maximum atomic E-state index is 6.05. The number of halogens is 1. The minimum absolute atomic E-state index is 0.0281. The van der Waals surface area contributed by atoms with Gasteiger partial charge in [-0.2, -0.15) is 5.10 Å². The number of nitrogens with zero attached hydrogens (tertiary/aromatic N) is 2. The highest BCUT2D eigenvalue weighted by atomic mass is 35.5. The van der Waals surface area contributed by atoms with Crippen LogP contribution in [0.25, 0.3) is 10.8 Å². The second-order valence-corrected chi connectivity index (χ2v) is 4.94. The van der Waals surface area contributed by atoms with Crippen LogP contribution in [0.2, 0.25) is 0 Å². The summed E-state index contributed by atoms with van der Waals surface area (Å²) < 4.78 is 0. The second-order valence-electron chi connectivity index (χ2n) is 4.67. The lowest BCUT2D eigenvalue weighted by Crippen LogP contribution is -2.47. The van der Waals surface area contributed by atoms with Crippen molar-refractivity contribution in [1.29, 1.82) is 0 Å². The van der Waals surface area contributed by atoms with Gasteiger partial charge < -0.3 is 5.32 Å². The molecule has 1 aromatic heterocycles. The van der Waals surface area contributed by atoms with Crippen LogP contribution in [-0.4, -0.2) is 21.6 Å². The number of benzene rings is 1. The number of alkyl halides is 1. The minimum Gasteiger partial charge on any atom is -0.361 e. The Kier molecular flexibility index (Phi) is 2.63. The lowest BCUT2D eigenvalue weighted by Gasteiger charge is -2.41. The van der Waals surface area contributed by atoms with Crippen LogP contribution in [0.4, 0.5) is 5.82 Å². The Balaban J connectivity index is 2.00. The van der Waals surface area contributed by atoms with E-state index in [1.165, 1.54) is 6.42 Å². The zero-order valence-electron chi connectivity index (χ0n) is 9.49. The van der Waals surface area contributed by atoms with Gasteiger partial charge >= 0.3 is 0 Å². The Morgan fingerprint density at radius 3 is 2.82 bits per heavy atom. The summed E-state index contributed by atoms with van der Waals surface area (Å²) in [6.45, 7) is 0. The van der Waals surface area contributed by atoms with E-state index >= 15 is 0 Å². The average molecular weight is 248 g/mol. The molecular formula is C13H14ClN3. The minimum atomic E-state index is 0.0281. The Bertz CT molecular complexity index is 526. The third kappa shape index (κ3) is 1.84. The van der Waals surface area contributed by atoms with E-state index < -0.39 is 0 Å². The number of hydrogen-bond acceptors (Lipinski definition) is 3. The summed E-state index contributed by atoms with van der Waals surface area (Å²) in [6.07, 6.45) is 5.25. The fourth-order valence-corrected chi connectivity index (χ4v) is 2.60. The molecule has 0 amide bonds. The molecule has 0 saturated heterocycles. The molecule has 1 aromatic carbocycles. The van der Waals surface area contributed by atoms with Crippen LogP contribution in [0, 0.1) is 0 Å². The van der Waals surface area contributed by atoms with E-state index in [-0.39, 0.29) is 5.54 Å². The summed E-state index contributed by atoms with van der Waals surface area (Å²) in [5, 5.41) is 13.9. The molecule has 3 nitrogen and oxygen atoms in total. The van der Waals surface area contributed by atoms with Gasteiger partial charge in [0.1, 0.15) is 0 Å². The summed E-state index contributed by atoms with van der Waals surface area (Å²) in [6, 6.07) is 8.13. The van der Waals surface area contributed by atoms with Gasteiger partial charge in [-0.05, 0) is 19.3 Å². The van der Waals surface area contributed by atoms with Crippen LogP contribution in [0.15, 0.2) is 30.5 Å². The topological polar surface area (TPSA) is 37.8 Å². The van der Waals surface area contributed by atoms with Crippen molar-refractivity contribution in [2.45, 2.75) is 24.8 Å². The number of nitrogens with one attached hydrogen (secondary N) is 1. The molecule has 1 fully saturated rings. The molecule has 1 N–H and O–H groups in total. The monoisotopic (exact) mass is 247 g/mol. The van der Waals surface area contributed by atoms with E-state index in [0.717, 1.165) is 29.4 Å². The summed E-state index contributed by atoms with van der Waals surface area (Å²) >= 11 is 6.05. The first kappa shape index (κ1) is 10.8. The third-order valence-corrected chi connectivity index (χ3v) is 4.03. The molecule has 0 radical (unpaired) electrons. The van der Waals surface area contributed by atoms with Gasteiger partial charge in [-0.1, -0.05) is 24.3 Å². The molecule has 3 rings (SSSR count). The SMILES string of the molecule is ClCC1(Nc2nncc3ccccc23)CCC1. The van der Waals surface area contributed by atoms with Crippen molar-refractivity contribution in [2.75, 3.05) is 11.2 Å². The van der Waals surface area contributed by atoms with E-state index in [9.17, 15) is 0 Å². The molecule has 17 heavy (non-hydrogen) atoms. The van der Waals surface area contributed by atoms with Crippen molar-refractivity contribution >= 4 is 28.2 Å². The van der Waals surface area contributed by atoms with Crippen molar-refractivity contribution in [3.8, 4) is 0 Å². The molecule has 1 heterocycles. The fraction of sp³-hybridized carbons (Fsp3) is 0.385. The number of fused-ring (bicyclic) bond motifs is 1. The molecule has 4 heteroatoms. The molecule has 0 atom stereocenters. The van der Waals surface area contributed by atoms with E-state index in [1.54, 1.807) is 6.20 Å². The van der Waals surface area contributed by atoms with Gasteiger partial charge in [-0.15, -0.1) is 16.7 Å². The average Bonchev–Trinajstić information content (AvgIpc) is 2.34. The zero-order chi connectivity index (χ0) is 11.7. The molecule has 1 saturated carbocycles. The van der Waals surface area contributed by atoms with E-state index in [1.807, 2.05) is 18.2 Å². The van der Waals surface area contributed by atoms with Crippen LogP contribution in [0.1, 0.15) is 19.3 Å². The highest BCUT2D eigenvalue weighted by Gasteiger charge is 2.36.